The first-order valence-electron chi connectivity index (χ1n) is 10.2. The number of nitro benzene ring substituents is 1. The fourth-order valence-corrected chi connectivity index (χ4v) is 4.97. The zero-order valence-corrected chi connectivity index (χ0v) is 18.5. The molecule has 3 aliphatic rings. The Bertz CT molecular complexity index is 1230. The highest BCUT2D eigenvalue weighted by Gasteiger charge is 2.59. The molecule has 166 valence electrons. The second-order valence-electron chi connectivity index (χ2n) is 8.11. The number of imide groups is 1. The van der Waals surface area contributed by atoms with Crippen LogP contribution in [0.25, 0.3) is 0 Å². The maximum Gasteiger partial charge on any atom is 0.343 e. The van der Waals surface area contributed by atoms with Crippen LogP contribution in [0.15, 0.2) is 64.2 Å². The molecule has 2 bridgehead atoms. The van der Waals surface area contributed by atoms with Crippen molar-refractivity contribution in [2.24, 2.45) is 28.8 Å². The van der Waals surface area contributed by atoms with E-state index in [1.165, 1.54) is 18.2 Å². The summed E-state index contributed by atoms with van der Waals surface area (Å²) in [6, 6.07) is 10.1. The molecule has 2 aliphatic carbocycles. The zero-order valence-electron chi connectivity index (χ0n) is 17.0. The predicted molar refractivity (Wildman–Crippen MR) is 119 cm³/mol. The number of amides is 2. The third-order valence-electron chi connectivity index (χ3n) is 6.25. The number of hydrogen-bond acceptors (Lipinski definition) is 7. The Morgan fingerprint density at radius 1 is 1.09 bits per heavy atom. The monoisotopic (exact) mass is 509 g/mol. The number of nitro groups is 1. The molecule has 9 nitrogen and oxygen atoms in total. The number of non-ortho nitro benzene ring substituents is 1. The molecule has 0 radical (unpaired) electrons. The standard InChI is InChI=1S/C23H16BrN3O6/c24-16-5-3-12(4-6-16)23(30)33-18-8-7-17(27(31)32)10-15(18)11-25-26-21(28)19-13-1-2-14(9-13)20(19)22(26)29/h1-8,10-11,13-14,19-20H,9H2/t13-,14-,19-,20+/m0/s1. The van der Waals surface area contributed by atoms with E-state index >= 15 is 0 Å². The maximum atomic E-state index is 12.8. The normalized spacial score (nSPS) is 25.2. The molecule has 0 spiro atoms. The number of carbonyl (C=O) groups is 3. The van der Waals surface area contributed by atoms with E-state index in [9.17, 15) is 24.5 Å². The lowest BCUT2D eigenvalue weighted by Gasteiger charge is -2.13. The quantitative estimate of drug-likeness (QED) is 0.115. The summed E-state index contributed by atoms with van der Waals surface area (Å²) in [6.45, 7) is 0. The van der Waals surface area contributed by atoms with Crippen LogP contribution in [-0.2, 0) is 9.59 Å². The molecule has 5 rings (SSSR count). The molecule has 2 fully saturated rings. The van der Waals surface area contributed by atoms with Crippen molar-refractivity contribution in [2.45, 2.75) is 6.42 Å². The number of hydrogen-bond donors (Lipinski definition) is 0. The molecule has 33 heavy (non-hydrogen) atoms. The molecule has 10 heteroatoms. The van der Waals surface area contributed by atoms with E-state index in [-0.39, 0.29) is 46.2 Å². The largest absolute Gasteiger partial charge is 0.422 e. The molecule has 0 aromatic heterocycles. The van der Waals surface area contributed by atoms with Gasteiger partial charge in [0, 0.05) is 22.2 Å². The molecule has 2 amide bonds. The van der Waals surface area contributed by atoms with Crippen LogP contribution >= 0.6 is 15.9 Å². The van der Waals surface area contributed by atoms with E-state index in [1.54, 1.807) is 24.3 Å². The summed E-state index contributed by atoms with van der Waals surface area (Å²) in [7, 11) is 0. The average molecular weight is 510 g/mol. The lowest BCUT2D eigenvalue weighted by atomic mass is 9.85. The van der Waals surface area contributed by atoms with E-state index in [2.05, 4.69) is 21.0 Å². The van der Waals surface area contributed by atoms with Crippen molar-refractivity contribution in [2.75, 3.05) is 0 Å². The van der Waals surface area contributed by atoms with E-state index in [0.29, 0.717) is 0 Å². The van der Waals surface area contributed by atoms with Gasteiger partial charge in [0.05, 0.1) is 28.5 Å². The van der Waals surface area contributed by atoms with Gasteiger partial charge < -0.3 is 4.74 Å². The van der Waals surface area contributed by atoms with Crippen molar-refractivity contribution in [1.29, 1.82) is 0 Å². The topological polar surface area (TPSA) is 119 Å². The Labute approximate surface area is 196 Å². The number of rotatable bonds is 5. The Morgan fingerprint density at radius 2 is 1.73 bits per heavy atom. The Kier molecular flexibility index (Phi) is 5.16. The summed E-state index contributed by atoms with van der Waals surface area (Å²) in [5.74, 6) is -2.16. The molecule has 0 unspecified atom stereocenters. The zero-order chi connectivity index (χ0) is 23.3. The number of nitrogens with zero attached hydrogens (tertiary/aromatic N) is 3. The number of hydrazone groups is 1. The Balaban J connectivity index is 1.42. The smallest absolute Gasteiger partial charge is 0.343 e. The fraction of sp³-hybridized carbons (Fsp3) is 0.217. The average Bonchev–Trinajstić information content (AvgIpc) is 3.47. The molecule has 4 atom stereocenters. The minimum Gasteiger partial charge on any atom is -0.422 e. The number of halogens is 1. The van der Waals surface area contributed by atoms with E-state index in [1.807, 2.05) is 12.2 Å². The molecule has 1 heterocycles. The molecule has 2 aromatic carbocycles. The van der Waals surface area contributed by atoms with Crippen LogP contribution in [-0.4, -0.2) is 33.9 Å². The number of benzene rings is 2. The van der Waals surface area contributed by atoms with Crippen LogP contribution in [0.5, 0.6) is 5.75 Å². The highest BCUT2D eigenvalue weighted by Crippen LogP contribution is 2.52. The second kappa shape index (κ2) is 8.04. The summed E-state index contributed by atoms with van der Waals surface area (Å²) in [5, 5.41) is 16.1. The highest BCUT2D eigenvalue weighted by molar-refractivity contribution is 9.10. The fourth-order valence-electron chi connectivity index (χ4n) is 4.71. The molecule has 0 N–H and O–H groups in total. The summed E-state index contributed by atoms with van der Waals surface area (Å²) in [5.41, 5.74) is 0.117. The van der Waals surface area contributed by atoms with Gasteiger partial charge in [-0.2, -0.15) is 10.1 Å². The van der Waals surface area contributed by atoms with Crippen LogP contribution in [0.1, 0.15) is 22.3 Å². The summed E-state index contributed by atoms with van der Waals surface area (Å²) in [4.78, 5) is 48.8. The van der Waals surface area contributed by atoms with E-state index < -0.39 is 22.7 Å². The SMILES string of the molecule is O=C(Oc1ccc([N+](=O)[O-])cc1C=NN1C(=O)[C@@H]2[C@H](C1=O)[C@H]1C=C[C@H]2C1)c1ccc(Br)cc1. The number of fused-ring (bicyclic) bond motifs is 5. The van der Waals surface area contributed by atoms with Gasteiger partial charge in [0.2, 0.25) is 0 Å². The minimum atomic E-state index is -0.670. The van der Waals surface area contributed by atoms with Crippen LogP contribution in [0, 0.1) is 33.8 Å². The molecule has 1 saturated carbocycles. The van der Waals surface area contributed by atoms with Crippen molar-refractivity contribution in [3.8, 4) is 5.75 Å². The van der Waals surface area contributed by atoms with Crippen molar-refractivity contribution in [3.05, 3.63) is 80.3 Å². The lowest BCUT2D eigenvalue weighted by Crippen LogP contribution is -2.28. The van der Waals surface area contributed by atoms with Gasteiger partial charge in [-0.1, -0.05) is 28.1 Å². The van der Waals surface area contributed by atoms with Gasteiger partial charge in [0.25, 0.3) is 17.5 Å². The van der Waals surface area contributed by atoms with Gasteiger partial charge in [0.1, 0.15) is 5.75 Å². The van der Waals surface area contributed by atoms with E-state index in [4.69, 9.17) is 4.74 Å². The summed E-state index contributed by atoms with van der Waals surface area (Å²) >= 11 is 3.29. The third kappa shape index (κ3) is 3.66. The van der Waals surface area contributed by atoms with Gasteiger partial charge >= 0.3 is 5.97 Å². The molecular formula is C23H16BrN3O6. The van der Waals surface area contributed by atoms with Gasteiger partial charge in [-0.25, -0.2) is 4.79 Å². The van der Waals surface area contributed by atoms with Gasteiger partial charge in [-0.05, 0) is 48.6 Å². The lowest BCUT2D eigenvalue weighted by molar-refractivity contribution is -0.384. The molecule has 2 aromatic rings. The van der Waals surface area contributed by atoms with Crippen LogP contribution in [0.3, 0.4) is 0 Å². The first kappa shape index (κ1) is 21.2. The van der Waals surface area contributed by atoms with Crippen molar-refractivity contribution >= 4 is 45.6 Å². The van der Waals surface area contributed by atoms with Gasteiger partial charge in [-0.15, -0.1) is 0 Å². The van der Waals surface area contributed by atoms with E-state index in [0.717, 1.165) is 22.1 Å². The maximum absolute atomic E-state index is 12.8. The minimum absolute atomic E-state index is 0.0123. The molecular weight excluding hydrogens is 494 g/mol. The first-order valence-corrected chi connectivity index (χ1v) is 11.0. The van der Waals surface area contributed by atoms with Gasteiger partial charge in [-0.3, -0.25) is 19.7 Å². The third-order valence-corrected chi connectivity index (χ3v) is 6.77. The second-order valence-corrected chi connectivity index (χ2v) is 9.02. The summed E-state index contributed by atoms with van der Waals surface area (Å²) < 4.78 is 6.21. The van der Waals surface area contributed by atoms with Gasteiger partial charge in [0.15, 0.2) is 0 Å². The van der Waals surface area contributed by atoms with Crippen LogP contribution < -0.4 is 4.74 Å². The van der Waals surface area contributed by atoms with Crippen LogP contribution in [0.4, 0.5) is 5.69 Å². The molecule has 1 saturated heterocycles. The first-order chi connectivity index (χ1) is 15.8. The predicted octanol–water partition coefficient (Wildman–Crippen LogP) is 3.72. The Morgan fingerprint density at radius 3 is 2.33 bits per heavy atom. The summed E-state index contributed by atoms with van der Waals surface area (Å²) in [6.07, 6.45) is 5.89. The number of ether oxygens (including phenoxy) is 1. The van der Waals surface area contributed by atoms with Crippen molar-refractivity contribution in [1.82, 2.24) is 5.01 Å². The Hall–Kier alpha value is -3.66. The number of esters is 1. The van der Waals surface area contributed by atoms with Crippen molar-refractivity contribution < 1.29 is 24.0 Å². The molecule has 1 aliphatic heterocycles. The highest BCUT2D eigenvalue weighted by atomic mass is 79.9. The number of allylic oxidation sites excluding steroid dienone is 2. The van der Waals surface area contributed by atoms with Crippen molar-refractivity contribution in [3.63, 3.8) is 0 Å². The number of carbonyl (C=O) groups excluding carboxylic acids is 3. The van der Waals surface area contributed by atoms with Crippen LogP contribution in [0.2, 0.25) is 0 Å².